The summed E-state index contributed by atoms with van der Waals surface area (Å²) >= 11 is 6.13. The van der Waals surface area contributed by atoms with Gasteiger partial charge in [0.15, 0.2) is 0 Å². The van der Waals surface area contributed by atoms with Gasteiger partial charge >= 0.3 is 0 Å². The molecular formula is C18H22ClNO. The molecule has 0 fully saturated rings. The van der Waals surface area contributed by atoms with Crippen LogP contribution in [0, 0.1) is 13.8 Å². The third kappa shape index (κ3) is 3.99. The Balaban J connectivity index is 2.33. The van der Waals surface area contributed by atoms with Crippen molar-refractivity contribution in [2.75, 3.05) is 13.7 Å². The highest BCUT2D eigenvalue weighted by Gasteiger charge is 2.16. The molecular weight excluding hydrogens is 282 g/mol. The van der Waals surface area contributed by atoms with Crippen LogP contribution < -0.4 is 10.5 Å². The summed E-state index contributed by atoms with van der Waals surface area (Å²) in [5, 5.41) is 0.713. The molecule has 21 heavy (non-hydrogen) atoms. The van der Waals surface area contributed by atoms with E-state index in [0.29, 0.717) is 11.6 Å². The van der Waals surface area contributed by atoms with E-state index in [1.165, 1.54) is 16.7 Å². The first-order valence-electron chi connectivity index (χ1n) is 7.14. The highest BCUT2D eigenvalue weighted by Crippen LogP contribution is 2.31. The first-order valence-corrected chi connectivity index (χ1v) is 7.52. The van der Waals surface area contributed by atoms with E-state index in [1.54, 1.807) is 7.11 Å². The Labute approximate surface area is 131 Å². The van der Waals surface area contributed by atoms with Crippen LogP contribution in [-0.2, 0) is 6.42 Å². The summed E-state index contributed by atoms with van der Waals surface area (Å²) in [6, 6.07) is 12.3. The Morgan fingerprint density at radius 2 is 1.76 bits per heavy atom. The van der Waals surface area contributed by atoms with E-state index in [2.05, 4.69) is 32.0 Å². The number of ether oxygens (including phenoxy) is 1. The number of halogens is 1. The smallest absolute Gasteiger partial charge is 0.122 e. The second-order valence-electron chi connectivity index (χ2n) is 5.52. The van der Waals surface area contributed by atoms with Crippen LogP contribution in [0.4, 0.5) is 0 Å². The van der Waals surface area contributed by atoms with E-state index >= 15 is 0 Å². The lowest BCUT2D eigenvalue weighted by Gasteiger charge is -2.19. The molecule has 3 heteroatoms. The lowest BCUT2D eigenvalue weighted by atomic mass is 9.90. The fourth-order valence-corrected chi connectivity index (χ4v) is 3.00. The van der Waals surface area contributed by atoms with Crippen molar-refractivity contribution in [2.45, 2.75) is 26.2 Å². The van der Waals surface area contributed by atoms with E-state index in [0.717, 1.165) is 17.7 Å². The molecule has 0 saturated heterocycles. The summed E-state index contributed by atoms with van der Waals surface area (Å²) in [6.45, 7) is 4.80. The predicted octanol–water partition coefficient (Wildman–Crippen LogP) is 4.25. The second-order valence-corrected chi connectivity index (χ2v) is 5.96. The van der Waals surface area contributed by atoms with E-state index < -0.39 is 0 Å². The predicted molar refractivity (Wildman–Crippen MR) is 89.4 cm³/mol. The van der Waals surface area contributed by atoms with Crippen molar-refractivity contribution >= 4 is 11.6 Å². The van der Waals surface area contributed by atoms with Crippen LogP contribution in [0.3, 0.4) is 0 Å². The van der Waals surface area contributed by atoms with Crippen molar-refractivity contribution in [3.63, 3.8) is 0 Å². The molecule has 2 aromatic carbocycles. The Morgan fingerprint density at radius 3 is 2.33 bits per heavy atom. The normalized spacial score (nSPS) is 12.2. The minimum atomic E-state index is 0.194. The molecule has 1 unspecified atom stereocenters. The van der Waals surface area contributed by atoms with Gasteiger partial charge in [-0.1, -0.05) is 40.9 Å². The van der Waals surface area contributed by atoms with Gasteiger partial charge in [0, 0.05) is 16.5 Å². The van der Waals surface area contributed by atoms with Gasteiger partial charge in [-0.05, 0) is 50.6 Å². The first kappa shape index (κ1) is 15.9. The molecule has 0 aliphatic carbocycles. The molecule has 0 aliphatic heterocycles. The third-order valence-electron chi connectivity index (χ3n) is 3.68. The maximum Gasteiger partial charge on any atom is 0.122 e. The summed E-state index contributed by atoms with van der Waals surface area (Å²) < 4.78 is 5.45. The molecule has 0 amide bonds. The third-order valence-corrected chi connectivity index (χ3v) is 3.91. The highest BCUT2D eigenvalue weighted by molar-refractivity contribution is 6.30. The van der Waals surface area contributed by atoms with E-state index in [1.807, 2.05) is 18.2 Å². The molecule has 1 atom stereocenters. The molecule has 0 aliphatic rings. The second kappa shape index (κ2) is 6.97. The lowest BCUT2D eigenvalue weighted by Crippen LogP contribution is -2.16. The van der Waals surface area contributed by atoms with Gasteiger partial charge < -0.3 is 10.5 Å². The van der Waals surface area contributed by atoms with Crippen molar-refractivity contribution < 1.29 is 4.74 Å². The van der Waals surface area contributed by atoms with Crippen LogP contribution in [0.25, 0.3) is 0 Å². The molecule has 0 saturated carbocycles. The number of methoxy groups -OCH3 is 1. The van der Waals surface area contributed by atoms with Gasteiger partial charge in [0.05, 0.1) is 7.11 Å². The zero-order valence-corrected chi connectivity index (χ0v) is 13.6. The quantitative estimate of drug-likeness (QED) is 0.896. The standard InChI is InChI=1S/C18H22ClNO/c1-12-6-13(2)8-14(7-12)9-15(11-20)17-10-16(19)4-5-18(17)21-3/h4-8,10,15H,9,11,20H2,1-3H3. The zero-order chi connectivity index (χ0) is 15.4. The average molecular weight is 304 g/mol. The van der Waals surface area contributed by atoms with Crippen molar-refractivity contribution in [2.24, 2.45) is 5.73 Å². The zero-order valence-electron chi connectivity index (χ0n) is 12.8. The highest BCUT2D eigenvalue weighted by atomic mass is 35.5. The molecule has 112 valence electrons. The van der Waals surface area contributed by atoms with Crippen LogP contribution in [0.15, 0.2) is 36.4 Å². The fraction of sp³-hybridized carbons (Fsp3) is 0.333. The molecule has 2 rings (SSSR count). The van der Waals surface area contributed by atoms with Gasteiger partial charge in [-0.15, -0.1) is 0 Å². The van der Waals surface area contributed by atoms with Crippen LogP contribution in [0.2, 0.25) is 5.02 Å². The van der Waals surface area contributed by atoms with Gasteiger partial charge in [0.2, 0.25) is 0 Å². The Bertz CT molecular complexity index is 604. The maximum absolute atomic E-state index is 6.13. The summed E-state index contributed by atoms with van der Waals surface area (Å²) in [6.07, 6.45) is 0.885. The topological polar surface area (TPSA) is 35.2 Å². The first-order chi connectivity index (χ1) is 10.0. The Morgan fingerprint density at radius 1 is 1.10 bits per heavy atom. The van der Waals surface area contributed by atoms with Crippen molar-refractivity contribution in [1.29, 1.82) is 0 Å². The summed E-state index contributed by atoms with van der Waals surface area (Å²) in [7, 11) is 1.68. The van der Waals surface area contributed by atoms with E-state index in [4.69, 9.17) is 22.1 Å². The number of hydrogen-bond acceptors (Lipinski definition) is 2. The number of nitrogens with two attached hydrogens (primary N) is 1. The van der Waals surface area contributed by atoms with Gasteiger partial charge in [0.1, 0.15) is 5.75 Å². The SMILES string of the molecule is COc1ccc(Cl)cc1C(CN)Cc1cc(C)cc(C)c1. The molecule has 2 N–H and O–H groups in total. The number of aryl methyl sites for hydroxylation is 2. The molecule has 0 heterocycles. The summed E-state index contributed by atoms with van der Waals surface area (Å²) in [5.74, 6) is 1.04. The summed E-state index contributed by atoms with van der Waals surface area (Å²) in [4.78, 5) is 0. The van der Waals surface area contributed by atoms with Gasteiger partial charge in [-0.3, -0.25) is 0 Å². The molecule has 0 aromatic heterocycles. The molecule has 2 nitrogen and oxygen atoms in total. The lowest BCUT2D eigenvalue weighted by molar-refractivity contribution is 0.405. The van der Waals surface area contributed by atoms with Crippen LogP contribution >= 0.6 is 11.6 Å². The fourth-order valence-electron chi connectivity index (χ4n) is 2.82. The van der Waals surface area contributed by atoms with Gasteiger partial charge in [-0.2, -0.15) is 0 Å². The minimum absolute atomic E-state index is 0.194. The molecule has 2 aromatic rings. The maximum atomic E-state index is 6.13. The van der Waals surface area contributed by atoms with Gasteiger partial charge in [-0.25, -0.2) is 0 Å². The van der Waals surface area contributed by atoms with Crippen molar-refractivity contribution in [3.05, 3.63) is 63.7 Å². The monoisotopic (exact) mass is 303 g/mol. The largest absolute Gasteiger partial charge is 0.496 e. The molecule has 0 radical (unpaired) electrons. The molecule has 0 bridgehead atoms. The van der Waals surface area contributed by atoms with E-state index in [9.17, 15) is 0 Å². The minimum Gasteiger partial charge on any atom is -0.496 e. The van der Waals surface area contributed by atoms with Crippen LogP contribution in [0.5, 0.6) is 5.75 Å². The average Bonchev–Trinajstić information content (AvgIpc) is 2.43. The van der Waals surface area contributed by atoms with Gasteiger partial charge in [0.25, 0.3) is 0 Å². The van der Waals surface area contributed by atoms with Crippen LogP contribution in [0.1, 0.15) is 28.2 Å². The number of benzene rings is 2. The Kier molecular flexibility index (Phi) is 5.27. The molecule has 0 spiro atoms. The number of rotatable bonds is 5. The van der Waals surface area contributed by atoms with Crippen molar-refractivity contribution in [3.8, 4) is 5.75 Å². The Hall–Kier alpha value is -1.51. The summed E-state index contributed by atoms with van der Waals surface area (Å²) in [5.41, 5.74) is 10.9. The number of hydrogen-bond donors (Lipinski definition) is 1. The van der Waals surface area contributed by atoms with E-state index in [-0.39, 0.29) is 5.92 Å². The van der Waals surface area contributed by atoms with Crippen LogP contribution in [-0.4, -0.2) is 13.7 Å². The van der Waals surface area contributed by atoms with Crippen molar-refractivity contribution in [1.82, 2.24) is 0 Å².